The zero-order valence-electron chi connectivity index (χ0n) is 15.4. The van der Waals surface area contributed by atoms with Gasteiger partial charge in [0.2, 0.25) is 0 Å². The summed E-state index contributed by atoms with van der Waals surface area (Å²) in [7, 11) is 3.20. The van der Waals surface area contributed by atoms with Crippen molar-refractivity contribution in [1.29, 1.82) is 0 Å². The normalized spacial score (nSPS) is 20.5. The van der Waals surface area contributed by atoms with Gasteiger partial charge >= 0.3 is 12.4 Å². The molecule has 3 rings (SSSR count). The zero-order chi connectivity index (χ0) is 20.7. The quantitative estimate of drug-likeness (QED) is 0.635. The van der Waals surface area contributed by atoms with Crippen molar-refractivity contribution in [3.8, 4) is 0 Å². The molecule has 28 heavy (non-hydrogen) atoms. The van der Waals surface area contributed by atoms with Crippen molar-refractivity contribution < 1.29 is 31.1 Å². The maximum Gasteiger partial charge on any atom is 0.433 e. The fraction of sp³-hybridized carbons (Fsp3) is 0.526. The summed E-state index contributed by atoms with van der Waals surface area (Å²) < 4.78 is 86.0. The number of piperidine rings is 1. The molecule has 0 spiro atoms. The van der Waals surface area contributed by atoms with Crippen molar-refractivity contribution >= 4 is 10.9 Å². The molecule has 1 saturated heterocycles. The lowest BCUT2D eigenvalue weighted by atomic mass is 9.90. The van der Waals surface area contributed by atoms with E-state index in [1.54, 1.807) is 0 Å². The van der Waals surface area contributed by atoms with E-state index in [4.69, 9.17) is 4.74 Å². The van der Waals surface area contributed by atoms with Crippen LogP contribution in [0.25, 0.3) is 10.9 Å². The highest BCUT2D eigenvalue weighted by Crippen LogP contribution is 2.41. The van der Waals surface area contributed by atoms with Crippen molar-refractivity contribution in [2.45, 2.75) is 43.8 Å². The molecule has 2 atom stereocenters. The lowest BCUT2D eigenvalue weighted by Crippen LogP contribution is -2.41. The molecule has 0 unspecified atom stereocenters. The molecule has 1 aliphatic rings. The standard InChI is InChI=1S/C19H20F6N2O/c1-27-9-4-3-8-14(27)17(28-2)12-10-15(19(23,24)25)26-16-11(12)6-5-7-13(16)18(20,21)22/h5-7,10,14,17H,3-4,8-9H2,1-2H3/t14-,17+/m0/s1. The molecule has 3 nitrogen and oxygen atoms in total. The van der Waals surface area contributed by atoms with Crippen molar-refractivity contribution in [2.75, 3.05) is 20.7 Å². The first-order chi connectivity index (χ1) is 13.0. The zero-order valence-corrected chi connectivity index (χ0v) is 15.4. The molecule has 2 heterocycles. The van der Waals surface area contributed by atoms with E-state index in [1.807, 2.05) is 11.9 Å². The van der Waals surface area contributed by atoms with E-state index < -0.39 is 35.2 Å². The van der Waals surface area contributed by atoms with Crippen molar-refractivity contribution in [1.82, 2.24) is 9.88 Å². The minimum atomic E-state index is -4.88. The maximum atomic E-state index is 13.4. The molecule has 1 aromatic heterocycles. The van der Waals surface area contributed by atoms with E-state index in [1.165, 1.54) is 19.2 Å². The van der Waals surface area contributed by atoms with Gasteiger partial charge in [-0.1, -0.05) is 18.6 Å². The number of likely N-dealkylation sites (N-methyl/N-ethyl adjacent to an activating group) is 1. The van der Waals surface area contributed by atoms with Gasteiger partial charge in [0, 0.05) is 18.5 Å². The van der Waals surface area contributed by atoms with Crippen molar-refractivity contribution in [3.63, 3.8) is 0 Å². The van der Waals surface area contributed by atoms with Gasteiger partial charge in [-0.15, -0.1) is 0 Å². The van der Waals surface area contributed by atoms with E-state index in [0.29, 0.717) is 6.42 Å². The largest absolute Gasteiger partial charge is 0.433 e. The molecule has 2 aromatic rings. The summed E-state index contributed by atoms with van der Waals surface area (Å²) in [5.74, 6) is 0. The van der Waals surface area contributed by atoms with Gasteiger partial charge in [-0.2, -0.15) is 26.3 Å². The number of rotatable bonds is 3. The molecule has 0 aliphatic carbocycles. The van der Waals surface area contributed by atoms with Gasteiger partial charge < -0.3 is 9.64 Å². The van der Waals surface area contributed by atoms with Gasteiger partial charge in [-0.25, -0.2) is 4.98 Å². The Kier molecular flexibility index (Phi) is 5.60. The molecular formula is C19H20F6N2O. The summed E-state index contributed by atoms with van der Waals surface area (Å²) in [6.45, 7) is 0.744. The highest BCUT2D eigenvalue weighted by Gasteiger charge is 2.39. The van der Waals surface area contributed by atoms with Crippen LogP contribution in [0.3, 0.4) is 0 Å². The van der Waals surface area contributed by atoms with Crippen LogP contribution in [0.5, 0.6) is 0 Å². The van der Waals surface area contributed by atoms with Crippen LogP contribution in [0.15, 0.2) is 24.3 Å². The number of methoxy groups -OCH3 is 1. The highest BCUT2D eigenvalue weighted by molar-refractivity contribution is 5.86. The summed E-state index contributed by atoms with van der Waals surface area (Å²) >= 11 is 0. The van der Waals surface area contributed by atoms with Crippen LogP contribution >= 0.6 is 0 Å². The fourth-order valence-corrected chi connectivity index (χ4v) is 3.86. The molecule has 0 bridgehead atoms. The molecule has 0 amide bonds. The first-order valence-electron chi connectivity index (χ1n) is 8.85. The van der Waals surface area contributed by atoms with Gasteiger partial charge in [0.1, 0.15) is 5.69 Å². The number of benzene rings is 1. The molecular weight excluding hydrogens is 386 g/mol. The second-order valence-corrected chi connectivity index (χ2v) is 6.99. The molecule has 1 fully saturated rings. The number of alkyl halides is 6. The van der Waals surface area contributed by atoms with Gasteiger partial charge in [0.05, 0.1) is 17.2 Å². The first kappa shape index (κ1) is 20.9. The average Bonchev–Trinajstić information content (AvgIpc) is 2.61. The Morgan fingerprint density at radius 2 is 1.82 bits per heavy atom. The number of hydrogen-bond donors (Lipinski definition) is 0. The fourth-order valence-electron chi connectivity index (χ4n) is 3.86. The van der Waals surface area contributed by atoms with E-state index >= 15 is 0 Å². The highest BCUT2D eigenvalue weighted by atomic mass is 19.4. The number of para-hydroxylation sites is 1. The number of likely N-dealkylation sites (tertiary alicyclic amines) is 1. The number of hydrogen-bond acceptors (Lipinski definition) is 3. The summed E-state index contributed by atoms with van der Waals surface area (Å²) in [5, 5.41) is 0.0219. The second kappa shape index (κ2) is 7.51. The predicted octanol–water partition coefficient (Wildman–Crippen LogP) is 5.44. The maximum absolute atomic E-state index is 13.4. The molecule has 9 heteroatoms. The van der Waals surface area contributed by atoms with Gasteiger partial charge in [0.15, 0.2) is 0 Å². The molecule has 1 aliphatic heterocycles. The second-order valence-electron chi connectivity index (χ2n) is 6.99. The Bertz CT molecular complexity index is 849. The summed E-state index contributed by atoms with van der Waals surface area (Å²) in [4.78, 5) is 5.32. The Labute approximate surface area is 158 Å². The van der Waals surface area contributed by atoms with E-state index in [9.17, 15) is 26.3 Å². The van der Waals surface area contributed by atoms with Crippen LogP contribution in [0.1, 0.15) is 42.2 Å². The third kappa shape index (κ3) is 3.96. The van der Waals surface area contributed by atoms with Gasteiger partial charge in [-0.3, -0.25) is 0 Å². The smallest absolute Gasteiger partial charge is 0.375 e. The summed E-state index contributed by atoms with van der Waals surface area (Å²) in [5.41, 5.74) is -3.18. The van der Waals surface area contributed by atoms with Crippen LogP contribution in [0, 0.1) is 0 Å². The number of aromatic nitrogens is 1. The van der Waals surface area contributed by atoms with Crippen molar-refractivity contribution in [2.24, 2.45) is 0 Å². The summed E-state index contributed by atoms with van der Waals surface area (Å²) in [6, 6.07) is 3.87. The summed E-state index contributed by atoms with van der Waals surface area (Å²) in [6.07, 6.45) is -8.00. The SMILES string of the molecule is CO[C@H](c1cc(C(F)(F)F)nc2c(C(F)(F)F)cccc12)[C@@H]1CCCCN1C. The molecule has 0 N–H and O–H groups in total. The minimum absolute atomic E-state index is 0.0219. The van der Waals surface area contributed by atoms with Crippen LogP contribution in [-0.2, 0) is 17.1 Å². The molecule has 0 radical (unpaired) electrons. The molecule has 1 aromatic carbocycles. The van der Waals surface area contributed by atoms with Crippen LogP contribution in [0.4, 0.5) is 26.3 Å². The lowest BCUT2D eigenvalue weighted by molar-refractivity contribution is -0.142. The molecule has 154 valence electrons. The predicted molar refractivity (Wildman–Crippen MR) is 91.8 cm³/mol. The van der Waals surface area contributed by atoms with E-state index in [2.05, 4.69) is 4.98 Å². The Morgan fingerprint density at radius 3 is 2.39 bits per heavy atom. The lowest BCUT2D eigenvalue weighted by Gasteiger charge is -2.38. The van der Waals surface area contributed by atoms with Crippen LogP contribution < -0.4 is 0 Å². The average molecular weight is 406 g/mol. The first-order valence-corrected chi connectivity index (χ1v) is 8.85. The third-order valence-corrected chi connectivity index (χ3v) is 5.20. The number of pyridine rings is 1. The molecule has 0 saturated carbocycles. The Morgan fingerprint density at radius 1 is 1.11 bits per heavy atom. The van der Waals surface area contributed by atoms with Crippen LogP contribution in [-0.4, -0.2) is 36.6 Å². The van der Waals surface area contributed by atoms with Crippen molar-refractivity contribution in [3.05, 3.63) is 41.1 Å². The number of halogens is 6. The monoisotopic (exact) mass is 406 g/mol. The number of ether oxygens (including phenoxy) is 1. The minimum Gasteiger partial charge on any atom is -0.375 e. The van der Waals surface area contributed by atoms with Gasteiger partial charge in [0.25, 0.3) is 0 Å². The number of nitrogens with zero attached hydrogens (tertiary/aromatic N) is 2. The van der Waals surface area contributed by atoms with Gasteiger partial charge in [-0.05, 0) is 44.1 Å². The van der Waals surface area contributed by atoms with E-state index in [0.717, 1.165) is 31.5 Å². The third-order valence-electron chi connectivity index (χ3n) is 5.20. The Balaban J connectivity index is 2.28. The van der Waals surface area contributed by atoms with E-state index in [-0.39, 0.29) is 17.0 Å². The topological polar surface area (TPSA) is 25.4 Å². The Hall–Kier alpha value is -1.87. The van der Waals surface area contributed by atoms with Crippen LogP contribution in [0.2, 0.25) is 0 Å². The number of fused-ring (bicyclic) bond motifs is 1.